The zero-order valence-electron chi connectivity index (χ0n) is 22.7. The molecule has 0 fully saturated rings. The highest BCUT2D eigenvalue weighted by Gasteiger charge is 2.31. The number of rotatable bonds is 8. The third kappa shape index (κ3) is 6.61. The van der Waals surface area contributed by atoms with Crippen LogP contribution in [0.4, 0.5) is 13.2 Å². The Morgan fingerprint density at radius 2 is 1.65 bits per heavy atom. The molecule has 1 N–H and O–H groups in total. The molecular weight excluding hydrogens is 547 g/mol. The molecule has 3 aromatic rings. The molecule has 2 amide bonds. The van der Waals surface area contributed by atoms with E-state index in [1.807, 2.05) is 0 Å². The Bertz CT molecular complexity index is 1590. The van der Waals surface area contributed by atoms with Gasteiger partial charge < -0.3 is 10.2 Å². The number of halogens is 3. The predicted octanol–water partition coefficient (Wildman–Crippen LogP) is 4.37. The maximum Gasteiger partial charge on any atom is 0.416 e. The molecule has 0 atom stereocenters. The van der Waals surface area contributed by atoms with Gasteiger partial charge in [-0.2, -0.15) is 13.2 Å². The van der Waals surface area contributed by atoms with Crippen molar-refractivity contribution in [2.45, 2.75) is 51.4 Å². The van der Waals surface area contributed by atoms with Gasteiger partial charge in [0.2, 0.25) is 0 Å². The normalized spacial score (nSPS) is 11.9. The first kappa shape index (κ1) is 30.6. The highest BCUT2D eigenvalue weighted by atomic mass is 32.2. The Kier molecular flexibility index (Phi) is 8.93. The molecule has 1 heterocycles. The molecule has 2 aromatic carbocycles. The number of carbonyl (C=O) groups is 2. The van der Waals surface area contributed by atoms with Crippen molar-refractivity contribution >= 4 is 21.7 Å². The van der Waals surface area contributed by atoms with Crippen LogP contribution in [0.2, 0.25) is 0 Å². The third-order valence-corrected chi connectivity index (χ3v) is 7.51. The number of aromatic nitrogens is 1. The Labute approximate surface area is 230 Å². The molecular formula is C28H30F3N3O5S. The Balaban J connectivity index is 2.12. The van der Waals surface area contributed by atoms with Crippen molar-refractivity contribution < 1.29 is 31.2 Å². The average molecular weight is 578 g/mol. The first-order chi connectivity index (χ1) is 18.6. The minimum Gasteiger partial charge on any atom is -0.348 e. The van der Waals surface area contributed by atoms with Gasteiger partial charge >= 0.3 is 6.18 Å². The fourth-order valence-electron chi connectivity index (χ4n) is 4.25. The van der Waals surface area contributed by atoms with Gasteiger partial charge in [0.05, 0.1) is 16.0 Å². The van der Waals surface area contributed by atoms with E-state index in [4.69, 9.17) is 0 Å². The number of carbonyl (C=O) groups excluding carboxylic acids is 2. The van der Waals surface area contributed by atoms with Gasteiger partial charge in [-0.25, -0.2) is 8.42 Å². The van der Waals surface area contributed by atoms with Crippen molar-refractivity contribution in [1.29, 1.82) is 0 Å². The molecule has 8 nitrogen and oxygen atoms in total. The summed E-state index contributed by atoms with van der Waals surface area (Å²) in [5, 5.41) is 2.57. The van der Waals surface area contributed by atoms with Gasteiger partial charge in [0.1, 0.15) is 5.56 Å². The summed E-state index contributed by atoms with van der Waals surface area (Å²) in [6.07, 6.45) is -3.61. The van der Waals surface area contributed by atoms with Crippen LogP contribution in [0, 0.1) is 6.92 Å². The van der Waals surface area contributed by atoms with Gasteiger partial charge in [-0.1, -0.05) is 18.2 Å². The van der Waals surface area contributed by atoms with Gasteiger partial charge in [0.15, 0.2) is 9.84 Å². The van der Waals surface area contributed by atoms with Gasteiger partial charge in [0.25, 0.3) is 17.4 Å². The van der Waals surface area contributed by atoms with E-state index in [1.54, 1.807) is 20.8 Å². The number of hydrogen-bond acceptors (Lipinski definition) is 5. The van der Waals surface area contributed by atoms with Crippen molar-refractivity contribution in [3.05, 3.63) is 92.9 Å². The summed E-state index contributed by atoms with van der Waals surface area (Å²) in [4.78, 5) is 41.8. The fraction of sp³-hybridized carbons (Fsp3) is 0.321. The Morgan fingerprint density at radius 3 is 2.17 bits per heavy atom. The zero-order valence-corrected chi connectivity index (χ0v) is 23.5. The molecule has 0 spiro atoms. The number of sulfone groups is 1. The molecule has 40 heavy (non-hydrogen) atoms. The molecule has 0 saturated heterocycles. The number of benzene rings is 2. The summed E-state index contributed by atoms with van der Waals surface area (Å²) >= 11 is 0. The lowest BCUT2D eigenvalue weighted by atomic mass is 10.1. The third-order valence-electron chi connectivity index (χ3n) is 6.38. The van der Waals surface area contributed by atoms with Crippen LogP contribution in [0.3, 0.4) is 0 Å². The second-order valence-electron chi connectivity index (χ2n) is 9.53. The van der Waals surface area contributed by atoms with Gasteiger partial charge in [0, 0.05) is 36.8 Å². The van der Waals surface area contributed by atoms with E-state index in [-0.39, 0.29) is 34.4 Å². The quantitative estimate of drug-likeness (QED) is 0.428. The van der Waals surface area contributed by atoms with Crippen LogP contribution < -0.4 is 10.9 Å². The van der Waals surface area contributed by atoms with Gasteiger partial charge in [-0.3, -0.25) is 19.0 Å². The molecule has 0 aliphatic heterocycles. The maximum atomic E-state index is 13.5. The van der Waals surface area contributed by atoms with Crippen LogP contribution in [-0.2, 0) is 22.6 Å². The zero-order chi connectivity index (χ0) is 30.0. The summed E-state index contributed by atoms with van der Waals surface area (Å²) in [5.74, 6) is -1.33. The minimum absolute atomic E-state index is 0.00443. The van der Waals surface area contributed by atoms with Crippen molar-refractivity contribution in [1.82, 2.24) is 14.8 Å². The molecule has 3 rings (SSSR count). The van der Waals surface area contributed by atoms with E-state index >= 15 is 0 Å². The standard InChI is InChI=1S/C28H30F3N3O5S/c1-6-33(17(2)3)26(36)23-15-24(25(35)32-16-19-10-12-22(13-11-19)40(5,38)39)27(37)34(18(23)4)21-9-7-8-20(14-21)28(29,30)31/h7-15,17H,6,16H2,1-5H3,(H,32,35). The monoisotopic (exact) mass is 577 g/mol. The molecule has 0 aliphatic carbocycles. The van der Waals surface area contributed by atoms with Gasteiger partial charge in [-0.15, -0.1) is 0 Å². The van der Waals surface area contributed by atoms with Crippen LogP contribution in [0.1, 0.15) is 58.3 Å². The van der Waals surface area contributed by atoms with E-state index in [2.05, 4.69) is 5.32 Å². The topological polar surface area (TPSA) is 106 Å². The second kappa shape index (κ2) is 11.7. The molecule has 214 valence electrons. The first-order valence-electron chi connectivity index (χ1n) is 12.4. The van der Waals surface area contributed by atoms with Crippen molar-refractivity contribution in [2.75, 3.05) is 12.8 Å². The van der Waals surface area contributed by atoms with E-state index in [0.717, 1.165) is 35.1 Å². The summed E-state index contributed by atoms with van der Waals surface area (Å²) in [6.45, 7) is 7.04. The molecule has 1 aromatic heterocycles. The number of nitrogens with one attached hydrogen (secondary N) is 1. The number of alkyl halides is 3. The van der Waals surface area contributed by atoms with Gasteiger partial charge in [-0.05, 0) is 69.7 Å². The highest BCUT2D eigenvalue weighted by Crippen LogP contribution is 2.30. The van der Waals surface area contributed by atoms with Crippen molar-refractivity contribution in [2.24, 2.45) is 0 Å². The van der Waals surface area contributed by atoms with Crippen LogP contribution in [0.15, 0.2) is 64.3 Å². The molecule has 0 bridgehead atoms. The van der Waals surface area contributed by atoms with E-state index in [9.17, 15) is 36.0 Å². The molecule has 0 radical (unpaired) electrons. The number of hydrogen-bond donors (Lipinski definition) is 1. The lowest BCUT2D eigenvalue weighted by molar-refractivity contribution is -0.137. The average Bonchev–Trinajstić information content (AvgIpc) is 2.87. The number of pyridine rings is 1. The second-order valence-corrected chi connectivity index (χ2v) is 11.5. The lowest BCUT2D eigenvalue weighted by Gasteiger charge is -2.27. The summed E-state index contributed by atoms with van der Waals surface area (Å²) < 4.78 is 64.6. The largest absolute Gasteiger partial charge is 0.416 e. The van der Waals surface area contributed by atoms with E-state index in [1.165, 1.54) is 42.2 Å². The smallest absolute Gasteiger partial charge is 0.348 e. The van der Waals surface area contributed by atoms with Crippen LogP contribution in [-0.4, -0.2) is 48.5 Å². The van der Waals surface area contributed by atoms with Crippen LogP contribution in [0.25, 0.3) is 5.69 Å². The minimum atomic E-state index is -4.68. The Hall–Kier alpha value is -3.93. The van der Waals surface area contributed by atoms with Crippen molar-refractivity contribution in [3.63, 3.8) is 0 Å². The van der Waals surface area contributed by atoms with Crippen LogP contribution >= 0.6 is 0 Å². The maximum absolute atomic E-state index is 13.5. The van der Waals surface area contributed by atoms with Crippen molar-refractivity contribution in [3.8, 4) is 5.69 Å². The molecule has 12 heteroatoms. The molecule has 0 unspecified atom stereocenters. The molecule has 0 aliphatic rings. The summed E-state index contributed by atoms with van der Waals surface area (Å²) in [5.41, 5.74) is -1.85. The summed E-state index contributed by atoms with van der Waals surface area (Å²) in [6, 6.07) is 10.8. The van der Waals surface area contributed by atoms with Crippen LogP contribution in [0.5, 0.6) is 0 Å². The Morgan fingerprint density at radius 1 is 1.02 bits per heavy atom. The number of amides is 2. The van der Waals surface area contributed by atoms with E-state index in [0.29, 0.717) is 12.1 Å². The first-order valence-corrected chi connectivity index (χ1v) is 14.3. The lowest BCUT2D eigenvalue weighted by Crippen LogP contribution is -2.40. The fourth-order valence-corrected chi connectivity index (χ4v) is 4.88. The predicted molar refractivity (Wildman–Crippen MR) is 144 cm³/mol. The number of nitrogens with zero attached hydrogens (tertiary/aromatic N) is 2. The SMILES string of the molecule is CCN(C(=O)c1cc(C(=O)NCc2ccc(S(C)(=O)=O)cc2)c(=O)n(-c2cccc(C(F)(F)F)c2)c1C)C(C)C. The molecule has 0 saturated carbocycles. The highest BCUT2D eigenvalue weighted by molar-refractivity contribution is 7.90. The van der Waals surface area contributed by atoms with E-state index < -0.39 is 44.5 Å². The summed E-state index contributed by atoms with van der Waals surface area (Å²) in [7, 11) is -3.41.